The Morgan fingerprint density at radius 3 is 2.75 bits per heavy atom. The van der Waals surface area contributed by atoms with E-state index in [9.17, 15) is 0 Å². The minimum absolute atomic E-state index is 0.185. The molecule has 1 aromatic rings. The molecule has 0 spiro atoms. The lowest BCUT2D eigenvalue weighted by molar-refractivity contribution is 0.206. The molecule has 0 saturated carbocycles. The van der Waals surface area contributed by atoms with Crippen molar-refractivity contribution in [1.82, 2.24) is 15.0 Å². The standard InChI is InChI=1S/C9H16ClN5O/c1-4-11-8-12-7(10)13-9(14-8)15(2)5-6-16-3/h4-6H2,1-3H3,(H,11,12,13,14). The first-order valence-electron chi connectivity index (χ1n) is 5.03. The fourth-order valence-electron chi connectivity index (χ4n) is 1.08. The molecule has 0 unspecified atom stereocenters. The molecule has 1 rings (SSSR count). The van der Waals surface area contributed by atoms with E-state index >= 15 is 0 Å². The number of nitrogens with one attached hydrogen (secondary N) is 1. The first kappa shape index (κ1) is 12.9. The molecular formula is C9H16ClN5O. The van der Waals surface area contributed by atoms with Gasteiger partial charge in [-0.25, -0.2) is 0 Å². The quantitative estimate of drug-likeness (QED) is 0.808. The molecule has 16 heavy (non-hydrogen) atoms. The van der Waals surface area contributed by atoms with E-state index in [2.05, 4.69) is 20.3 Å². The topological polar surface area (TPSA) is 63.2 Å². The van der Waals surface area contributed by atoms with Gasteiger partial charge in [0.1, 0.15) is 0 Å². The summed E-state index contributed by atoms with van der Waals surface area (Å²) in [5.74, 6) is 1.02. The Labute approximate surface area is 100 Å². The van der Waals surface area contributed by atoms with Gasteiger partial charge in [-0.3, -0.25) is 0 Å². The van der Waals surface area contributed by atoms with E-state index in [0.717, 1.165) is 6.54 Å². The predicted octanol–water partition coefficient (Wildman–Crippen LogP) is 1.04. The van der Waals surface area contributed by atoms with Crippen molar-refractivity contribution in [3.05, 3.63) is 5.28 Å². The Kier molecular flexibility index (Phi) is 5.21. The Hall–Kier alpha value is -1.14. The number of aromatic nitrogens is 3. The highest BCUT2D eigenvalue weighted by Gasteiger charge is 2.08. The molecule has 1 heterocycles. The maximum Gasteiger partial charge on any atom is 0.231 e. The summed E-state index contributed by atoms with van der Waals surface area (Å²) in [7, 11) is 3.53. The zero-order valence-electron chi connectivity index (χ0n) is 9.70. The maximum absolute atomic E-state index is 5.80. The highest BCUT2D eigenvalue weighted by Crippen LogP contribution is 2.12. The highest BCUT2D eigenvalue weighted by molar-refractivity contribution is 6.28. The monoisotopic (exact) mass is 245 g/mol. The van der Waals surface area contributed by atoms with Gasteiger partial charge >= 0.3 is 0 Å². The number of likely N-dealkylation sites (N-methyl/N-ethyl adjacent to an activating group) is 1. The molecule has 0 aliphatic carbocycles. The van der Waals surface area contributed by atoms with Crippen LogP contribution in [-0.2, 0) is 4.74 Å². The van der Waals surface area contributed by atoms with Gasteiger partial charge in [0.25, 0.3) is 0 Å². The van der Waals surface area contributed by atoms with Crippen LogP contribution in [0.1, 0.15) is 6.92 Å². The van der Waals surface area contributed by atoms with Crippen molar-refractivity contribution in [2.75, 3.05) is 44.1 Å². The van der Waals surface area contributed by atoms with Gasteiger partial charge in [-0.2, -0.15) is 15.0 Å². The van der Waals surface area contributed by atoms with Crippen LogP contribution in [0.25, 0.3) is 0 Å². The Bertz CT molecular complexity index is 336. The second-order valence-electron chi connectivity index (χ2n) is 3.17. The van der Waals surface area contributed by atoms with Crippen LogP contribution in [0.15, 0.2) is 0 Å². The number of methoxy groups -OCH3 is 1. The average Bonchev–Trinajstić information content (AvgIpc) is 2.25. The predicted molar refractivity (Wildman–Crippen MR) is 64.1 cm³/mol. The van der Waals surface area contributed by atoms with Crippen LogP contribution in [0, 0.1) is 0 Å². The van der Waals surface area contributed by atoms with E-state index in [-0.39, 0.29) is 5.28 Å². The van der Waals surface area contributed by atoms with Gasteiger partial charge in [0.15, 0.2) is 0 Å². The molecule has 0 aliphatic heterocycles. The summed E-state index contributed by atoms with van der Waals surface area (Å²) in [6, 6.07) is 0. The molecule has 0 saturated heterocycles. The first-order chi connectivity index (χ1) is 7.67. The van der Waals surface area contributed by atoms with Crippen LogP contribution in [-0.4, -0.2) is 48.8 Å². The molecule has 1 aromatic heterocycles. The number of nitrogens with zero attached hydrogens (tertiary/aromatic N) is 4. The molecule has 0 aliphatic rings. The van der Waals surface area contributed by atoms with E-state index in [0.29, 0.717) is 25.0 Å². The van der Waals surface area contributed by atoms with Gasteiger partial charge in [-0.05, 0) is 18.5 Å². The summed E-state index contributed by atoms with van der Waals surface area (Å²) in [4.78, 5) is 14.1. The van der Waals surface area contributed by atoms with Crippen molar-refractivity contribution in [2.45, 2.75) is 6.92 Å². The van der Waals surface area contributed by atoms with Gasteiger partial charge in [0, 0.05) is 27.2 Å². The highest BCUT2D eigenvalue weighted by atomic mass is 35.5. The van der Waals surface area contributed by atoms with Crippen LogP contribution >= 0.6 is 11.6 Å². The van der Waals surface area contributed by atoms with Crippen LogP contribution in [0.2, 0.25) is 5.28 Å². The molecule has 1 N–H and O–H groups in total. The van der Waals surface area contributed by atoms with Gasteiger partial charge in [-0.15, -0.1) is 0 Å². The number of hydrogen-bond acceptors (Lipinski definition) is 6. The molecule has 0 amide bonds. The summed E-state index contributed by atoms with van der Waals surface area (Å²) in [6.07, 6.45) is 0. The Balaban J connectivity index is 2.78. The van der Waals surface area contributed by atoms with Crippen LogP contribution in [0.3, 0.4) is 0 Å². The number of rotatable bonds is 6. The molecule has 7 heteroatoms. The fraction of sp³-hybridized carbons (Fsp3) is 0.667. The molecule has 90 valence electrons. The maximum atomic E-state index is 5.80. The number of halogens is 1. The fourth-order valence-corrected chi connectivity index (χ4v) is 1.23. The number of hydrogen-bond donors (Lipinski definition) is 1. The summed E-state index contributed by atoms with van der Waals surface area (Å²) in [6.45, 7) is 4.01. The van der Waals surface area contributed by atoms with Gasteiger partial charge in [0.05, 0.1) is 6.61 Å². The summed E-state index contributed by atoms with van der Waals surface area (Å²) in [5, 5.41) is 3.18. The van der Waals surface area contributed by atoms with Gasteiger partial charge in [0.2, 0.25) is 17.2 Å². The van der Waals surface area contributed by atoms with Gasteiger partial charge < -0.3 is 15.0 Å². The average molecular weight is 246 g/mol. The zero-order valence-corrected chi connectivity index (χ0v) is 10.5. The van der Waals surface area contributed by atoms with Crippen LogP contribution < -0.4 is 10.2 Å². The summed E-state index contributed by atoms with van der Waals surface area (Å²) >= 11 is 5.80. The van der Waals surface area contributed by atoms with Crippen LogP contribution in [0.4, 0.5) is 11.9 Å². The third kappa shape index (κ3) is 3.79. The molecule has 6 nitrogen and oxygen atoms in total. The van der Waals surface area contributed by atoms with Crippen LogP contribution in [0.5, 0.6) is 0 Å². The van der Waals surface area contributed by atoms with E-state index in [1.165, 1.54) is 0 Å². The normalized spacial score (nSPS) is 10.2. The van der Waals surface area contributed by atoms with Crippen molar-refractivity contribution >= 4 is 23.5 Å². The van der Waals surface area contributed by atoms with Crippen molar-refractivity contribution in [3.8, 4) is 0 Å². The minimum atomic E-state index is 0.185. The SMILES string of the molecule is CCNc1nc(Cl)nc(N(C)CCOC)n1. The Morgan fingerprint density at radius 2 is 2.12 bits per heavy atom. The molecule has 0 atom stereocenters. The second-order valence-corrected chi connectivity index (χ2v) is 3.51. The second kappa shape index (κ2) is 6.44. The lowest BCUT2D eigenvalue weighted by Gasteiger charge is -2.16. The van der Waals surface area contributed by atoms with Crippen molar-refractivity contribution in [3.63, 3.8) is 0 Å². The molecular weight excluding hydrogens is 230 g/mol. The van der Waals surface area contributed by atoms with Crippen molar-refractivity contribution in [2.24, 2.45) is 0 Å². The van der Waals surface area contributed by atoms with Gasteiger partial charge in [-0.1, -0.05) is 0 Å². The Morgan fingerprint density at radius 1 is 1.38 bits per heavy atom. The third-order valence-electron chi connectivity index (χ3n) is 1.90. The molecule has 0 fully saturated rings. The van der Waals surface area contributed by atoms with E-state index in [1.54, 1.807) is 7.11 Å². The van der Waals surface area contributed by atoms with E-state index in [1.807, 2.05) is 18.9 Å². The van der Waals surface area contributed by atoms with E-state index < -0.39 is 0 Å². The number of ether oxygens (including phenoxy) is 1. The summed E-state index contributed by atoms with van der Waals surface area (Å²) < 4.78 is 4.98. The molecule has 0 aromatic carbocycles. The number of anilines is 2. The summed E-state index contributed by atoms with van der Waals surface area (Å²) in [5.41, 5.74) is 0. The lowest BCUT2D eigenvalue weighted by Crippen LogP contribution is -2.24. The zero-order chi connectivity index (χ0) is 12.0. The van der Waals surface area contributed by atoms with Crippen molar-refractivity contribution in [1.29, 1.82) is 0 Å². The van der Waals surface area contributed by atoms with Crippen molar-refractivity contribution < 1.29 is 4.74 Å². The van der Waals surface area contributed by atoms with E-state index in [4.69, 9.17) is 16.3 Å². The first-order valence-corrected chi connectivity index (χ1v) is 5.40. The third-order valence-corrected chi connectivity index (χ3v) is 2.07. The molecule has 0 bridgehead atoms. The molecule has 0 radical (unpaired) electrons. The lowest BCUT2D eigenvalue weighted by atomic mass is 10.6. The smallest absolute Gasteiger partial charge is 0.231 e. The minimum Gasteiger partial charge on any atom is -0.383 e. The largest absolute Gasteiger partial charge is 0.383 e.